The van der Waals surface area contributed by atoms with Gasteiger partial charge in [-0.1, -0.05) is 64.2 Å². The predicted molar refractivity (Wildman–Crippen MR) is 108 cm³/mol. The van der Waals surface area contributed by atoms with Gasteiger partial charge in [-0.2, -0.15) is 48.5 Å². The third-order valence-corrected chi connectivity index (χ3v) is 4.48. The summed E-state index contributed by atoms with van der Waals surface area (Å²) in [4.78, 5) is 0. The molecule has 0 radical (unpaired) electrons. The quantitative estimate of drug-likeness (QED) is 0.170. The molecule has 0 heterocycles. The van der Waals surface area contributed by atoms with Gasteiger partial charge in [-0.15, -0.1) is 0 Å². The summed E-state index contributed by atoms with van der Waals surface area (Å²) in [7, 11) is 0. The molecular formula is C22H34FeS. The van der Waals surface area contributed by atoms with Crippen LogP contribution in [0, 0.1) is 0 Å². The molecule has 0 atom stereocenters. The zero-order valence-electron chi connectivity index (χ0n) is 15.0. The molecular weight excluding hydrogens is 352 g/mol. The number of thiol groups is 1. The smallest absolute Gasteiger partial charge is 0.214 e. The molecule has 0 fully saturated rings. The van der Waals surface area contributed by atoms with Gasteiger partial charge in [0.1, 0.15) is 0 Å². The zero-order chi connectivity index (χ0) is 16.4. The minimum absolute atomic E-state index is 0. The molecule has 24 heavy (non-hydrogen) atoms. The molecule has 2 rings (SSSR count). The van der Waals surface area contributed by atoms with Gasteiger partial charge in [0.05, 0.1) is 0 Å². The normalized spacial score (nSPS) is 9.88. The molecule has 0 aliphatic carbocycles. The Bertz CT molecular complexity index is 388. The molecule has 2 aromatic carbocycles. The molecule has 0 spiro atoms. The van der Waals surface area contributed by atoms with Crippen LogP contribution in [0.3, 0.4) is 0 Å². The van der Waals surface area contributed by atoms with Crippen LogP contribution in [0.25, 0.3) is 0 Å². The van der Waals surface area contributed by atoms with Gasteiger partial charge in [0, 0.05) is 0 Å². The van der Waals surface area contributed by atoms with E-state index in [2.05, 4.69) is 36.9 Å². The predicted octanol–water partition coefficient (Wildman–Crippen LogP) is 7.18. The number of rotatable bonds is 12. The second-order valence-corrected chi connectivity index (χ2v) is 6.71. The van der Waals surface area contributed by atoms with E-state index in [0.717, 1.165) is 5.75 Å². The molecule has 0 aliphatic heterocycles. The second-order valence-electron chi connectivity index (χ2n) is 6.26. The van der Waals surface area contributed by atoms with Crippen LogP contribution in [0.1, 0.15) is 69.8 Å². The molecule has 0 saturated carbocycles. The number of hydrogen-bond acceptors (Lipinski definition) is 1. The standard InChI is InChI=1S/C17H29S.C5H5.Fe/c18-16-12-8-6-4-2-1-3-5-7-9-13-17-14-10-11-15-17;1-2-4-5-3-1;/h10-11,14-15,18H,1-9,12-13,16H2;1-5H;/q2*-1;+2. The van der Waals surface area contributed by atoms with Crippen LogP contribution in [0.15, 0.2) is 54.6 Å². The van der Waals surface area contributed by atoms with Crippen molar-refractivity contribution in [1.82, 2.24) is 0 Å². The van der Waals surface area contributed by atoms with Gasteiger partial charge in [0.25, 0.3) is 0 Å². The first-order valence-corrected chi connectivity index (χ1v) is 10.0. The Morgan fingerprint density at radius 3 is 1.50 bits per heavy atom. The van der Waals surface area contributed by atoms with Crippen LogP contribution >= 0.6 is 12.6 Å². The maximum atomic E-state index is 4.23. The summed E-state index contributed by atoms with van der Waals surface area (Å²) in [5, 5.41) is 0. The average Bonchev–Trinajstić information content (AvgIpc) is 3.28. The molecule has 0 nitrogen and oxygen atoms in total. The van der Waals surface area contributed by atoms with Gasteiger partial charge < -0.3 is 0 Å². The van der Waals surface area contributed by atoms with Crippen molar-refractivity contribution >= 4 is 12.6 Å². The van der Waals surface area contributed by atoms with E-state index in [1.807, 2.05) is 30.3 Å². The third kappa shape index (κ3) is 15.1. The van der Waals surface area contributed by atoms with Crippen molar-refractivity contribution < 1.29 is 17.1 Å². The minimum Gasteiger partial charge on any atom is -0.214 e. The Morgan fingerprint density at radius 1 is 0.625 bits per heavy atom. The Kier molecular flexibility index (Phi) is 18.6. The Labute approximate surface area is 166 Å². The summed E-state index contributed by atoms with van der Waals surface area (Å²) in [6.45, 7) is 0. The summed E-state index contributed by atoms with van der Waals surface area (Å²) in [5.74, 6) is 1.06. The molecule has 0 saturated heterocycles. The molecule has 0 N–H and O–H groups in total. The summed E-state index contributed by atoms with van der Waals surface area (Å²) >= 11 is 4.23. The van der Waals surface area contributed by atoms with Gasteiger partial charge >= 0.3 is 17.1 Å². The monoisotopic (exact) mass is 386 g/mol. The zero-order valence-corrected chi connectivity index (χ0v) is 17.0. The van der Waals surface area contributed by atoms with Crippen LogP contribution in [-0.4, -0.2) is 5.75 Å². The van der Waals surface area contributed by atoms with Crippen molar-refractivity contribution in [2.75, 3.05) is 5.75 Å². The van der Waals surface area contributed by atoms with Crippen LogP contribution in [0.4, 0.5) is 0 Å². The van der Waals surface area contributed by atoms with Crippen molar-refractivity contribution in [1.29, 1.82) is 0 Å². The summed E-state index contributed by atoms with van der Waals surface area (Å²) in [6.07, 6.45) is 15.3. The molecule has 0 bridgehead atoms. The van der Waals surface area contributed by atoms with Gasteiger partial charge in [-0.25, -0.2) is 24.3 Å². The van der Waals surface area contributed by atoms with E-state index >= 15 is 0 Å². The molecule has 0 amide bonds. The fourth-order valence-electron chi connectivity index (χ4n) is 2.76. The van der Waals surface area contributed by atoms with Crippen molar-refractivity contribution in [3.63, 3.8) is 0 Å². The molecule has 0 aromatic heterocycles. The van der Waals surface area contributed by atoms with Crippen molar-refractivity contribution in [2.45, 2.75) is 70.6 Å². The summed E-state index contributed by atoms with van der Waals surface area (Å²) in [5.41, 5.74) is 1.51. The number of hydrogen-bond donors (Lipinski definition) is 1. The molecule has 2 aromatic rings. The minimum atomic E-state index is 0. The number of aryl methyl sites for hydroxylation is 1. The first-order chi connectivity index (χ1) is 11.4. The molecule has 2 heteroatoms. The van der Waals surface area contributed by atoms with Crippen LogP contribution < -0.4 is 0 Å². The van der Waals surface area contributed by atoms with Crippen molar-refractivity contribution in [2.24, 2.45) is 0 Å². The Morgan fingerprint density at radius 2 is 1.08 bits per heavy atom. The van der Waals surface area contributed by atoms with E-state index in [1.165, 1.54) is 76.2 Å². The van der Waals surface area contributed by atoms with E-state index in [1.54, 1.807) is 0 Å². The first kappa shape index (κ1) is 23.6. The fourth-order valence-corrected chi connectivity index (χ4v) is 2.98. The SMILES string of the molecule is SCCCCCCCCCCCC[c-]1cccc1.[Fe+2].c1cc[cH-]c1. The number of unbranched alkanes of at least 4 members (excludes halogenated alkanes) is 9. The second kappa shape index (κ2) is 18.9. The van der Waals surface area contributed by atoms with E-state index in [0.29, 0.717) is 0 Å². The van der Waals surface area contributed by atoms with E-state index in [-0.39, 0.29) is 17.1 Å². The van der Waals surface area contributed by atoms with Gasteiger partial charge in [0.2, 0.25) is 0 Å². The first-order valence-electron chi connectivity index (χ1n) is 9.41. The van der Waals surface area contributed by atoms with Crippen LogP contribution in [-0.2, 0) is 23.5 Å². The topological polar surface area (TPSA) is 0 Å². The van der Waals surface area contributed by atoms with Crippen molar-refractivity contribution in [3.8, 4) is 0 Å². The maximum absolute atomic E-state index is 4.23. The van der Waals surface area contributed by atoms with Crippen LogP contribution in [0.2, 0.25) is 0 Å². The summed E-state index contributed by atoms with van der Waals surface area (Å²) < 4.78 is 0. The summed E-state index contributed by atoms with van der Waals surface area (Å²) in [6, 6.07) is 18.8. The van der Waals surface area contributed by atoms with Crippen LogP contribution in [0.5, 0.6) is 0 Å². The Balaban J connectivity index is 0.000000751. The van der Waals surface area contributed by atoms with E-state index < -0.39 is 0 Å². The Hall–Kier alpha value is -0.431. The van der Waals surface area contributed by atoms with Gasteiger partial charge in [0.15, 0.2) is 0 Å². The van der Waals surface area contributed by atoms with Gasteiger partial charge in [-0.05, 0) is 12.2 Å². The molecule has 0 unspecified atom stereocenters. The average molecular weight is 386 g/mol. The third-order valence-electron chi connectivity index (χ3n) is 4.16. The van der Waals surface area contributed by atoms with Gasteiger partial charge in [-0.3, -0.25) is 0 Å². The van der Waals surface area contributed by atoms with E-state index in [4.69, 9.17) is 0 Å². The van der Waals surface area contributed by atoms with Crippen molar-refractivity contribution in [3.05, 3.63) is 60.2 Å². The largest absolute Gasteiger partial charge is 2.00 e. The maximum Gasteiger partial charge on any atom is 2.00 e. The molecule has 136 valence electrons. The molecule has 0 aliphatic rings. The fraction of sp³-hybridized carbons (Fsp3) is 0.545. The van der Waals surface area contributed by atoms with E-state index in [9.17, 15) is 0 Å².